The van der Waals surface area contributed by atoms with Gasteiger partial charge in [0, 0.05) is 18.5 Å². The Labute approximate surface area is 147 Å². The van der Waals surface area contributed by atoms with Crippen molar-refractivity contribution in [3.8, 4) is 0 Å². The molecule has 0 spiro atoms. The van der Waals surface area contributed by atoms with Gasteiger partial charge in [0.2, 0.25) is 0 Å². The number of aromatic nitrogens is 1. The van der Waals surface area contributed by atoms with Gasteiger partial charge in [-0.3, -0.25) is 4.99 Å². The van der Waals surface area contributed by atoms with Crippen LogP contribution in [0.4, 0.5) is 0 Å². The predicted octanol–water partition coefficient (Wildman–Crippen LogP) is 3.19. The van der Waals surface area contributed by atoms with E-state index in [4.69, 9.17) is 0 Å². The van der Waals surface area contributed by atoms with E-state index in [2.05, 4.69) is 33.8 Å². The lowest BCUT2D eigenvalue weighted by Crippen LogP contribution is -2.37. The number of aryl methyl sites for hydroxylation is 2. The molecule has 0 amide bonds. The molecule has 0 unspecified atom stereocenters. The molecule has 0 saturated carbocycles. The maximum atomic E-state index is 4.43. The molecule has 1 heterocycles. The second kappa shape index (κ2) is 11.6. The van der Waals surface area contributed by atoms with Crippen molar-refractivity contribution < 1.29 is 0 Å². The predicted molar refractivity (Wildman–Crippen MR) is 103 cm³/mol. The molecular weight excluding hydrogens is 403 g/mol. The largest absolute Gasteiger partial charge is 0.356 e. The maximum Gasteiger partial charge on any atom is 0.191 e. The number of nitrogens with zero attached hydrogens (tertiary/aromatic N) is 2. The number of thioether (sulfide) groups is 1. The zero-order valence-electron chi connectivity index (χ0n) is 12.7. The lowest BCUT2D eigenvalue weighted by molar-refractivity contribution is 0.734. The van der Waals surface area contributed by atoms with E-state index in [0.717, 1.165) is 29.8 Å². The molecule has 0 fully saturated rings. The van der Waals surface area contributed by atoms with Crippen LogP contribution in [-0.2, 0) is 6.54 Å². The van der Waals surface area contributed by atoms with E-state index in [0.29, 0.717) is 0 Å². The molecule has 1 rings (SSSR count). The SMILES string of the molecule is CN=C(NCCCCSC)NCc1sc(C)nc1C.I. The fourth-order valence-corrected chi connectivity index (χ4v) is 3.07. The molecule has 2 N–H and O–H groups in total. The molecule has 0 radical (unpaired) electrons. The highest BCUT2D eigenvalue weighted by Gasteiger charge is 2.05. The van der Waals surface area contributed by atoms with Crippen LogP contribution in [-0.4, -0.2) is 36.5 Å². The van der Waals surface area contributed by atoms with Crippen molar-refractivity contribution >= 4 is 53.0 Å². The number of guanidine groups is 1. The lowest BCUT2D eigenvalue weighted by Gasteiger charge is -2.11. The van der Waals surface area contributed by atoms with Crippen LogP contribution in [0.2, 0.25) is 0 Å². The van der Waals surface area contributed by atoms with Crippen LogP contribution in [0, 0.1) is 13.8 Å². The molecule has 0 aliphatic carbocycles. The minimum atomic E-state index is 0. The van der Waals surface area contributed by atoms with Crippen molar-refractivity contribution in [3.05, 3.63) is 15.6 Å². The van der Waals surface area contributed by atoms with E-state index in [1.54, 1.807) is 11.3 Å². The summed E-state index contributed by atoms with van der Waals surface area (Å²) < 4.78 is 0. The molecule has 0 saturated heterocycles. The van der Waals surface area contributed by atoms with Crippen LogP contribution in [0.15, 0.2) is 4.99 Å². The van der Waals surface area contributed by atoms with Gasteiger partial charge in [0.1, 0.15) is 0 Å². The molecule has 1 aromatic heterocycles. The molecule has 0 atom stereocenters. The minimum absolute atomic E-state index is 0. The number of hydrogen-bond donors (Lipinski definition) is 2. The molecule has 0 bridgehead atoms. The van der Waals surface area contributed by atoms with Gasteiger partial charge in [-0.05, 0) is 38.7 Å². The summed E-state index contributed by atoms with van der Waals surface area (Å²) in [6.07, 6.45) is 4.58. The highest BCUT2D eigenvalue weighted by atomic mass is 127. The smallest absolute Gasteiger partial charge is 0.191 e. The Balaban J connectivity index is 0.00000361. The van der Waals surface area contributed by atoms with Crippen molar-refractivity contribution in [2.75, 3.05) is 25.6 Å². The van der Waals surface area contributed by atoms with Crippen LogP contribution < -0.4 is 10.6 Å². The van der Waals surface area contributed by atoms with Gasteiger partial charge in [0.05, 0.1) is 17.2 Å². The fourth-order valence-electron chi connectivity index (χ4n) is 1.70. The van der Waals surface area contributed by atoms with Crippen molar-refractivity contribution in [1.29, 1.82) is 0 Å². The number of halogens is 1. The van der Waals surface area contributed by atoms with Gasteiger partial charge in [-0.2, -0.15) is 11.8 Å². The standard InChI is InChI=1S/C13H24N4S2.HI/c1-10-12(19-11(2)17-10)9-16-13(14-3)15-7-5-6-8-18-4;/h5-9H2,1-4H3,(H2,14,15,16);1H. The van der Waals surface area contributed by atoms with Crippen LogP contribution in [0.5, 0.6) is 0 Å². The van der Waals surface area contributed by atoms with E-state index < -0.39 is 0 Å². The number of rotatable bonds is 7. The molecule has 0 aromatic carbocycles. The maximum absolute atomic E-state index is 4.43. The average Bonchev–Trinajstić information content (AvgIpc) is 2.71. The van der Waals surface area contributed by atoms with Crippen LogP contribution in [0.3, 0.4) is 0 Å². The van der Waals surface area contributed by atoms with Gasteiger partial charge in [0.15, 0.2) is 5.96 Å². The second-order valence-electron chi connectivity index (χ2n) is 4.29. The first-order valence-corrected chi connectivity index (χ1v) is 8.74. The number of aliphatic imine (C=N–C) groups is 1. The summed E-state index contributed by atoms with van der Waals surface area (Å²) in [6, 6.07) is 0. The highest BCUT2D eigenvalue weighted by molar-refractivity contribution is 14.0. The molecule has 116 valence electrons. The van der Waals surface area contributed by atoms with E-state index >= 15 is 0 Å². The third-order valence-electron chi connectivity index (χ3n) is 2.71. The third-order valence-corrected chi connectivity index (χ3v) is 4.48. The molecule has 1 aromatic rings. The Morgan fingerprint density at radius 1 is 1.30 bits per heavy atom. The van der Waals surface area contributed by atoms with Gasteiger partial charge < -0.3 is 10.6 Å². The molecule has 4 nitrogen and oxygen atoms in total. The molecule has 20 heavy (non-hydrogen) atoms. The quantitative estimate of drug-likeness (QED) is 0.303. The van der Waals surface area contributed by atoms with Crippen molar-refractivity contribution in [3.63, 3.8) is 0 Å². The average molecular weight is 428 g/mol. The summed E-state index contributed by atoms with van der Waals surface area (Å²) in [5.74, 6) is 2.10. The zero-order valence-corrected chi connectivity index (χ0v) is 16.6. The normalized spacial score (nSPS) is 11.1. The summed E-state index contributed by atoms with van der Waals surface area (Å²) in [5, 5.41) is 7.79. The van der Waals surface area contributed by atoms with Crippen LogP contribution in [0.25, 0.3) is 0 Å². The Kier molecular flexibility index (Phi) is 11.6. The summed E-state index contributed by atoms with van der Waals surface area (Å²) in [7, 11) is 1.81. The summed E-state index contributed by atoms with van der Waals surface area (Å²) in [5.41, 5.74) is 1.12. The molecule has 7 heteroatoms. The van der Waals surface area contributed by atoms with Gasteiger partial charge in [0.25, 0.3) is 0 Å². The van der Waals surface area contributed by atoms with Crippen LogP contribution in [0.1, 0.15) is 28.4 Å². The van der Waals surface area contributed by atoms with E-state index in [-0.39, 0.29) is 24.0 Å². The Morgan fingerprint density at radius 3 is 2.60 bits per heavy atom. The number of hydrogen-bond acceptors (Lipinski definition) is 4. The minimum Gasteiger partial charge on any atom is -0.356 e. The van der Waals surface area contributed by atoms with Gasteiger partial charge >= 0.3 is 0 Å². The van der Waals surface area contributed by atoms with Crippen molar-refractivity contribution in [1.82, 2.24) is 15.6 Å². The van der Waals surface area contributed by atoms with E-state index in [1.807, 2.05) is 25.7 Å². The summed E-state index contributed by atoms with van der Waals surface area (Å²) in [4.78, 5) is 9.94. The van der Waals surface area contributed by atoms with Crippen LogP contribution >= 0.6 is 47.1 Å². The number of nitrogens with one attached hydrogen (secondary N) is 2. The number of unbranched alkanes of at least 4 members (excludes halogenated alkanes) is 1. The van der Waals surface area contributed by atoms with Crippen molar-refractivity contribution in [2.24, 2.45) is 4.99 Å². The van der Waals surface area contributed by atoms with Gasteiger partial charge in [-0.15, -0.1) is 35.3 Å². The molecule has 0 aliphatic rings. The monoisotopic (exact) mass is 428 g/mol. The number of thiazole rings is 1. The highest BCUT2D eigenvalue weighted by Crippen LogP contribution is 2.16. The Morgan fingerprint density at radius 2 is 2.05 bits per heavy atom. The fraction of sp³-hybridized carbons (Fsp3) is 0.692. The van der Waals surface area contributed by atoms with Crippen molar-refractivity contribution in [2.45, 2.75) is 33.2 Å². The molecule has 0 aliphatic heterocycles. The lowest BCUT2D eigenvalue weighted by atomic mass is 10.3. The third kappa shape index (κ3) is 7.68. The summed E-state index contributed by atoms with van der Waals surface area (Å²) in [6.45, 7) is 5.86. The van der Waals surface area contributed by atoms with Gasteiger partial charge in [-0.25, -0.2) is 4.98 Å². The Hall–Kier alpha value is -0.0200. The first-order valence-electron chi connectivity index (χ1n) is 6.53. The molecular formula is C13H25IN4S2. The first-order chi connectivity index (χ1) is 9.17. The zero-order chi connectivity index (χ0) is 14.1. The van der Waals surface area contributed by atoms with Gasteiger partial charge in [-0.1, -0.05) is 0 Å². The van der Waals surface area contributed by atoms with E-state index in [1.165, 1.54) is 23.5 Å². The first kappa shape index (κ1) is 20.0. The topological polar surface area (TPSA) is 49.3 Å². The summed E-state index contributed by atoms with van der Waals surface area (Å²) >= 11 is 3.64. The van der Waals surface area contributed by atoms with E-state index in [9.17, 15) is 0 Å². The Bertz CT molecular complexity index is 407. The second-order valence-corrected chi connectivity index (χ2v) is 6.57.